The summed E-state index contributed by atoms with van der Waals surface area (Å²) in [7, 11) is 0. The molecule has 0 amide bonds. The van der Waals surface area contributed by atoms with Gasteiger partial charge in [-0.1, -0.05) is 54.5 Å². The molecule has 0 heterocycles. The lowest BCUT2D eigenvalue weighted by molar-refractivity contribution is 0.816. The van der Waals surface area contributed by atoms with Gasteiger partial charge in [0, 0.05) is 4.91 Å². The lowest BCUT2D eigenvalue weighted by atomic mass is 10.0. The van der Waals surface area contributed by atoms with Crippen LogP contribution in [0.3, 0.4) is 0 Å². The highest BCUT2D eigenvalue weighted by Gasteiger charge is 2.06. The fourth-order valence-corrected chi connectivity index (χ4v) is 1.75. The Labute approximate surface area is 88.0 Å². The molecule has 0 saturated heterocycles. The zero-order valence-electron chi connectivity index (χ0n) is 8.46. The summed E-state index contributed by atoms with van der Waals surface area (Å²) < 4.78 is 0. The first-order chi connectivity index (χ1) is 7.33. The molecule has 0 spiro atoms. The predicted octanol–water partition coefficient (Wildman–Crippen LogP) is 4.21. The normalized spacial score (nSPS) is 12.1. The average molecular weight is 197 g/mol. The van der Waals surface area contributed by atoms with Crippen molar-refractivity contribution in [2.24, 2.45) is 5.11 Å². The van der Waals surface area contributed by atoms with Gasteiger partial charge >= 0.3 is 0 Å². The molecule has 74 valence electrons. The molecule has 2 aromatic rings. The highest BCUT2D eigenvalue weighted by Crippen LogP contribution is 2.26. The first kappa shape index (κ1) is 9.56. The van der Waals surface area contributed by atoms with Crippen LogP contribution in [0.4, 0.5) is 0 Å². The van der Waals surface area contributed by atoms with Crippen molar-refractivity contribution < 1.29 is 0 Å². The van der Waals surface area contributed by atoms with Crippen molar-refractivity contribution in [3.63, 3.8) is 0 Å². The average Bonchev–Trinajstić information content (AvgIpc) is 2.28. The number of hydrogen-bond acceptors (Lipinski definition) is 1. The topological polar surface area (TPSA) is 48.8 Å². The Morgan fingerprint density at radius 2 is 1.87 bits per heavy atom. The number of benzene rings is 2. The van der Waals surface area contributed by atoms with E-state index in [2.05, 4.69) is 22.2 Å². The van der Waals surface area contributed by atoms with Crippen molar-refractivity contribution in [3.8, 4) is 0 Å². The molecule has 2 aromatic carbocycles. The summed E-state index contributed by atoms with van der Waals surface area (Å²) >= 11 is 0. The Morgan fingerprint density at radius 3 is 2.67 bits per heavy atom. The van der Waals surface area contributed by atoms with Crippen molar-refractivity contribution in [2.45, 2.75) is 13.0 Å². The Hall–Kier alpha value is -1.99. The summed E-state index contributed by atoms with van der Waals surface area (Å²) in [5, 5.41) is 6.05. The maximum Gasteiger partial charge on any atom is 0.0603 e. The van der Waals surface area contributed by atoms with Crippen molar-refractivity contribution in [3.05, 3.63) is 58.5 Å². The molecule has 1 atom stereocenters. The van der Waals surface area contributed by atoms with Crippen LogP contribution in [0.2, 0.25) is 0 Å². The van der Waals surface area contributed by atoms with Gasteiger partial charge in [0.05, 0.1) is 6.04 Å². The SMILES string of the molecule is C[C@@H](N=[N+]=[N-])c1cccc2ccccc12. The second-order valence-electron chi connectivity index (χ2n) is 3.45. The highest BCUT2D eigenvalue weighted by atomic mass is 15.1. The van der Waals surface area contributed by atoms with E-state index in [9.17, 15) is 0 Å². The van der Waals surface area contributed by atoms with Gasteiger partial charge in [0.25, 0.3) is 0 Å². The van der Waals surface area contributed by atoms with E-state index in [0.717, 1.165) is 10.9 Å². The van der Waals surface area contributed by atoms with Gasteiger partial charge in [0.2, 0.25) is 0 Å². The molecule has 0 unspecified atom stereocenters. The fourth-order valence-electron chi connectivity index (χ4n) is 1.75. The molecule has 0 aromatic heterocycles. The molecule has 0 bridgehead atoms. The van der Waals surface area contributed by atoms with Crippen LogP contribution in [0.1, 0.15) is 18.5 Å². The van der Waals surface area contributed by atoms with E-state index in [1.54, 1.807) is 0 Å². The summed E-state index contributed by atoms with van der Waals surface area (Å²) in [6.45, 7) is 1.90. The van der Waals surface area contributed by atoms with Crippen molar-refractivity contribution in [1.29, 1.82) is 0 Å². The van der Waals surface area contributed by atoms with E-state index in [1.165, 1.54) is 5.39 Å². The predicted molar refractivity (Wildman–Crippen MR) is 61.5 cm³/mol. The lowest BCUT2D eigenvalue weighted by Crippen LogP contribution is -1.89. The van der Waals surface area contributed by atoms with Crippen LogP contribution in [0, 0.1) is 0 Å². The van der Waals surface area contributed by atoms with Gasteiger partial charge < -0.3 is 0 Å². The minimum Gasteiger partial charge on any atom is -0.0862 e. The molecule has 0 radical (unpaired) electrons. The maximum atomic E-state index is 8.43. The molecule has 0 aliphatic carbocycles. The first-order valence-electron chi connectivity index (χ1n) is 4.85. The van der Waals surface area contributed by atoms with Crippen LogP contribution >= 0.6 is 0 Å². The number of nitrogens with zero attached hydrogens (tertiary/aromatic N) is 3. The van der Waals surface area contributed by atoms with Crippen LogP contribution in [0.5, 0.6) is 0 Å². The van der Waals surface area contributed by atoms with Gasteiger partial charge in [0.1, 0.15) is 0 Å². The summed E-state index contributed by atoms with van der Waals surface area (Å²) in [6.07, 6.45) is 0. The zero-order chi connectivity index (χ0) is 10.7. The minimum atomic E-state index is -0.124. The van der Waals surface area contributed by atoms with Gasteiger partial charge in [-0.05, 0) is 21.9 Å². The van der Waals surface area contributed by atoms with E-state index in [4.69, 9.17) is 5.53 Å². The van der Waals surface area contributed by atoms with Crippen LogP contribution in [0.15, 0.2) is 47.6 Å². The molecular weight excluding hydrogens is 186 g/mol. The number of rotatable bonds is 2. The van der Waals surface area contributed by atoms with Crippen molar-refractivity contribution in [2.75, 3.05) is 0 Å². The first-order valence-corrected chi connectivity index (χ1v) is 4.85. The fraction of sp³-hybridized carbons (Fsp3) is 0.167. The molecule has 15 heavy (non-hydrogen) atoms. The van der Waals surface area contributed by atoms with Crippen LogP contribution in [-0.2, 0) is 0 Å². The molecule has 3 heteroatoms. The largest absolute Gasteiger partial charge is 0.0862 e. The Balaban J connectivity index is 2.65. The maximum absolute atomic E-state index is 8.43. The molecule has 3 nitrogen and oxygen atoms in total. The Kier molecular flexibility index (Phi) is 2.57. The van der Waals surface area contributed by atoms with Crippen LogP contribution < -0.4 is 0 Å². The molecular formula is C12H11N3. The van der Waals surface area contributed by atoms with E-state index in [1.807, 2.05) is 37.3 Å². The molecule has 0 saturated carbocycles. The third-order valence-electron chi connectivity index (χ3n) is 2.50. The number of fused-ring (bicyclic) bond motifs is 1. The van der Waals surface area contributed by atoms with Gasteiger partial charge in [-0.25, -0.2) is 0 Å². The third-order valence-corrected chi connectivity index (χ3v) is 2.50. The van der Waals surface area contributed by atoms with Crippen LogP contribution in [-0.4, -0.2) is 0 Å². The Bertz CT molecular complexity index is 522. The minimum absolute atomic E-state index is 0.124. The second kappa shape index (κ2) is 4.03. The van der Waals surface area contributed by atoms with Crippen LogP contribution in [0.25, 0.3) is 21.2 Å². The summed E-state index contributed by atoms with van der Waals surface area (Å²) in [5.41, 5.74) is 9.50. The zero-order valence-corrected chi connectivity index (χ0v) is 8.46. The van der Waals surface area contributed by atoms with E-state index in [0.29, 0.717) is 0 Å². The molecule has 2 rings (SSSR count). The van der Waals surface area contributed by atoms with E-state index >= 15 is 0 Å². The number of hydrogen-bond donors (Lipinski definition) is 0. The molecule has 0 fully saturated rings. The van der Waals surface area contributed by atoms with Crippen molar-refractivity contribution in [1.82, 2.24) is 0 Å². The second-order valence-corrected chi connectivity index (χ2v) is 3.45. The third kappa shape index (κ3) is 1.78. The van der Waals surface area contributed by atoms with Gasteiger partial charge in [-0.3, -0.25) is 0 Å². The lowest BCUT2D eigenvalue weighted by Gasteiger charge is -2.08. The molecule has 0 aliphatic heterocycles. The standard InChI is InChI=1S/C12H11N3/c1-9(14-15-13)11-8-4-6-10-5-2-3-7-12(10)11/h2-9H,1H3/t9-/m1/s1. The molecule has 0 N–H and O–H groups in total. The molecule has 0 aliphatic rings. The summed E-state index contributed by atoms with van der Waals surface area (Å²) in [5.74, 6) is 0. The van der Waals surface area contributed by atoms with Gasteiger partial charge in [-0.2, -0.15) is 0 Å². The monoisotopic (exact) mass is 197 g/mol. The smallest absolute Gasteiger partial charge is 0.0603 e. The van der Waals surface area contributed by atoms with E-state index < -0.39 is 0 Å². The highest BCUT2D eigenvalue weighted by molar-refractivity contribution is 5.86. The quantitative estimate of drug-likeness (QED) is 0.393. The summed E-state index contributed by atoms with van der Waals surface area (Å²) in [4.78, 5) is 2.84. The summed E-state index contributed by atoms with van der Waals surface area (Å²) in [6, 6.07) is 14.0. The van der Waals surface area contributed by atoms with Crippen molar-refractivity contribution >= 4 is 10.8 Å². The number of azide groups is 1. The van der Waals surface area contributed by atoms with E-state index in [-0.39, 0.29) is 6.04 Å². The Morgan fingerprint density at radius 1 is 1.13 bits per heavy atom. The van der Waals surface area contributed by atoms with Gasteiger partial charge in [0.15, 0.2) is 0 Å². The van der Waals surface area contributed by atoms with Gasteiger partial charge in [-0.15, -0.1) is 0 Å².